The minimum Gasteiger partial charge on any atom is -0.486 e. The summed E-state index contributed by atoms with van der Waals surface area (Å²) in [4.78, 5) is 15.6. The van der Waals surface area contributed by atoms with E-state index in [0.29, 0.717) is 36.1 Å². The molecule has 4 aromatic rings. The van der Waals surface area contributed by atoms with Crippen molar-refractivity contribution < 1.29 is 18.7 Å². The third-order valence-corrected chi connectivity index (χ3v) is 4.84. The number of benzene rings is 3. The fourth-order valence-corrected chi connectivity index (χ4v) is 3.41. The van der Waals surface area contributed by atoms with Gasteiger partial charge < -0.3 is 25.1 Å². The minimum absolute atomic E-state index is 0.267. The lowest BCUT2D eigenvalue weighted by Crippen LogP contribution is -2.20. The van der Waals surface area contributed by atoms with Gasteiger partial charge in [-0.1, -0.05) is 12.1 Å². The number of ether oxygens (including phenoxy) is 2. The molecule has 0 aliphatic carbocycles. The molecular weight excluding hydrogens is 385 g/mol. The van der Waals surface area contributed by atoms with E-state index >= 15 is 0 Å². The molecule has 0 saturated carbocycles. The molecule has 3 aromatic carbocycles. The van der Waals surface area contributed by atoms with Crippen LogP contribution in [0.3, 0.4) is 0 Å². The standard InChI is InChI=1S/C23H18FN3O3/c24-16-3-7-19-15(11-16)12-20(27-19)14-1-4-17(5-2-14)25-23(28)26-18-6-8-21-22(13-18)30-10-9-29-21/h1-8,11-13,27H,9-10H2,(H2,25,26,28). The van der Waals surface area contributed by atoms with Gasteiger partial charge in [0.25, 0.3) is 0 Å². The van der Waals surface area contributed by atoms with Crippen molar-refractivity contribution in [3.63, 3.8) is 0 Å². The van der Waals surface area contributed by atoms with E-state index in [9.17, 15) is 9.18 Å². The Kier molecular flexibility index (Phi) is 4.48. The number of rotatable bonds is 3. The van der Waals surface area contributed by atoms with Crippen LogP contribution in [0, 0.1) is 5.82 Å². The van der Waals surface area contributed by atoms with Crippen LogP contribution in [0.15, 0.2) is 66.7 Å². The molecule has 0 atom stereocenters. The zero-order chi connectivity index (χ0) is 20.5. The first kappa shape index (κ1) is 18.1. The molecule has 0 fully saturated rings. The van der Waals surface area contributed by atoms with Crippen LogP contribution in [-0.2, 0) is 0 Å². The number of carbonyl (C=O) groups is 1. The zero-order valence-corrected chi connectivity index (χ0v) is 15.9. The largest absolute Gasteiger partial charge is 0.486 e. The second-order valence-corrected chi connectivity index (χ2v) is 6.93. The summed E-state index contributed by atoms with van der Waals surface area (Å²) in [7, 11) is 0. The van der Waals surface area contributed by atoms with Gasteiger partial charge in [0.15, 0.2) is 11.5 Å². The van der Waals surface area contributed by atoms with Gasteiger partial charge in [0.05, 0.1) is 0 Å². The van der Waals surface area contributed by atoms with Crippen molar-refractivity contribution in [2.24, 2.45) is 0 Å². The first-order valence-electron chi connectivity index (χ1n) is 9.50. The Hall–Kier alpha value is -4.00. The van der Waals surface area contributed by atoms with E-state index in [4.69, 9.17) is 9.47 Å². The third kappa shape index (κ3) is 3.65. The highest BCUT2D eigenvalue weighted by Crippen LogP contribution is 2.32. The fourth-order valence-electron chi connectivity index (χ4n) is 3.41. The van der Waals surface area contributed by atoms with Gasteiger partial charge in [-0.2, -0.15) is 0 Å². The lowest BCUT2D eigenvalue weighted by atomic mass is 10.1. The van der Waals surface area contributed by atoms with Crippen LogP contribution in [0.25, 0.3) is 22.2 Å². The van der Waals surface area contributed by atoms with Crippen LogP contribution >= 0.6 is 0 Å². The molecule has 2 heterocycles. The topological polar surface area (TPSA) is 75.4 Å². The first-order chi connectivity index (χ1) is 14.6. The molecular formula is C23H18FN3O3. The predicted molar refractivity (Wildman–Crippen MR) is 114 cm³/mol. The summed E-state index contributed by atoms with van der Waals surface area (Å²) < 4.78 is 24.4. The Labute approximate surface area is 171 Å². The summed E-state index contributed by atoms with van der Waals surface area (Å²) in [5.74, 6) is 1.01. The average Bonchev–Trinajstić information content (AvgIpc) is 3.17. The van der Waals surface area contributed by atoms with E-state index in [-0.39, 0.29) is 11.8 Å². The van der Waals surface area contributed by atoms with Crippen LogP contribution in [0.5, 0.6) is 11.5 Å². The number of carbonyl (C=O) groups excluding carboxylic acids is 1. The molecule has 0 radical (unpaired) electrons. The number of H-pyrrole nitrogens is 1. The molecule has 0 unspecified atom stereocenters. The lowest BCUT2D eigenvalue weighted by molar-refractivity contribution is 0.171. The van der Waals surface area contributed by atoms with Gasteiger partial charge in [0.2, 0.25) is 0 Å². The van der Waals surface area contributed by atoms with Crippen molar-refractivity contribution in [3.8, 4) is 22.8 Å². The molecule has 0 saturated heterocycles. The number of hydrogen-bond acceptors (Lipinski definition) is 3. The van der Waals surface area contributed by atoms with Crippen molar-refractivity contribution in [2.45, 2.75) is 0 Å². The number of anilines is 2. The van der Waals surface area contributed by atoms with Gasteiger partial charge >= 0.3 is 6.03 Å². The first-order valence-corrected chi connectivity index (χ1v) is 9.50. The van der Waals surface area contributed by atoms with Gasteiger partial charge in [-0.15, -0.1) is 0 Å². The zero-order valence-electron chi connectivity index (χ0n) is 15.9. The Bertz CT molecular complexity index is 1230. The quantitative estimate of drug-likeness (QED) is 0.429. The molecule has 3 N–H and O–H groups in total. The summed E-state index contributed by atoms with van der Waals surface area (Å²) in [5.41, 5.74) is 3.94. The number of urea groups is 1. The maximum Gasteiger partial charge on any atom is 0.323 e. The van der Waals surface area contributed by atoms with E-state index in [0.717, 1.165) is 22.2 Å². The van der Waals surface area contributed by atoms with Crippen LogP contribution in [0.4, 0.5) is 20.6 Å². The highest BCUT2D eigenvalue weighted by molar-refractivity contribution is 6.00. The molecule has 150 valence electrons. The molecule has 1 aliphatic heterocycles. The molecule has 5 rings (SSSR count). The van der Waals surface area contributed by atoms with E-state index in [1.165, 1.54) is 12.1 Å². The van der Waals surface area contributed by atoms with Crippen LogP contribution in [0.2, 0.25) is 0 Å². The van der Waals surface area contributed by atoms with Crippen molar-refractivity contribution in [3.05, 3.63) is 72.5 Å². The Morgan fingerprint density at radius 1 is 0.833 bits per heavy atom. The minimum atomic E-state index is -0.361. The van der Waals surface area contributed by atoms with Crippen LogP contribution < -0.4 is 20.1 Å². The molecule has 2 amide bonds. The number of aromatic nitrogens is 1. The van der Waals surface area contributed by atoms with Gasteiger partial charge in [-0.05, 0) is 54.1 Å². The summed E-state index contributed by atoms with van der Waals surface area (Å²) in [5, 5.41) is 6.39. The summed E-state index contributed by atoms with van der Waals surface area (Å²) >= 11 is 0. The van der Waals surface area contributed by atoms with Crippen molar-refractivity contribution in [1.82, 2.24) is 4.98 Å². The predicted octanol–water partition coefficient (Wildman–Crippen LogP) is 5.39. The second-order valence-electron chi connectivity index (χ2n) is 6.93. The van der Waals surface area contributed by atoms with Gasteiger partial charge in [0, 0.05) is 34.0 Å². The smallest absolute Gasteiger partial charge is 0.323 e. The maximum absolute atomic E-state index is 13.4. The molecule has 1 aliphatic rings. The Morgan fingerprint density at radius 2 is 1.57 bits per heavy atom. The maximum atomic E-state index is 13.4. The number of amides is 2. The summed E-state index contributed by atoms with van der Waals surface area (Å²) in [6.45, 7) is 1.01. The van der Waals surface area contributed by atoms with Gasteiger partial charge in [0.1, 0.15) is 19.0 Å². The molecule has 1 aromatic heterocycles. The number of halogens is 1. The molecule has 7 heteroatoms. The number of hydrogen-bond donors (Lipinski definition) is 3. The Balaban J connectivity index is 1.26. The fraction of sp³-hybridized carbons (Fsp3) is 0.0870. The van der Waals surface area contributed by atoms with Gasteiger partial charge in [-0.3, -0.25) is 0 Å². The van der Waals surface area contributed by atoms with E-state index in [1.807, 2.05) is 30.3 Å². The van der Waals surface area contributed by atoms with E-state index in [1.54, 1.807) is 24.3 Å². The molecule has 30 heavy (non-hydrogen) atoms. The Morgan fingerprint density at radius 3 is 2.40 bits per heavy atom. The van der Waals surface area contributed by atoms with E-state index < -0.39 is 0 Å². The highest BCUT2D eigenvalue weighted by Gasteiger charge is 2.13. The molecule has 0 spiro atoms. The van der Waals surface area contributed by atoms with Crippen molar-refractivity contribution in [2.75, 3.05) is 23.8 Å². The third-order valence-electron chi connectivity index (χ3n) is 4.84. The second kappa shape index (κ2) is 7.44. The van der Waals surface area contributed by atoms with Crippen LogP contribution in [-0.4, -0.2) is 24.2 Å². The van der Waals surface area contributed by atoms with Crippen molar-refractivity contribution in [1.29, 1.82) is 0 Å². The number of fused-ring (bicyclic) bond motifs is 2. The molecule has 6 nitrogen and oxygen atoms in total. The highest BCUT2D eigenvalue weighted by atomic mass is 19.1. The SMILES string of the molecule is O=C(Nc1ccc(-c2cc3cc(F)ccc3[nH]2)cc1)Nc1ccc2c(c1)OCCO2. The van der Waals surface area contributed by atoms with Crippen LogP contribution in [0.1, 0.15) is 0 Å². The van der Waals surface area contributed by atoms with E-state index in [2.05, 4.69) is 15.6 Å². The summed E-state index contributed by atoms with van der Waals surface area (Å²) in [6, 6.07) is 18.8. The van der Waals surface area contributed by atoms with Crippen molar-refractivity contribution >= 4 is 28.3 Å². The lowest BCUT2D eigenvalue weighted by Gasteiger charge is -2.19. The summed E-state index contributed by atoms with van der Waals surface area (Å²) in [6.07, 6.45) is 0. The number of nitrogens with one attached hydrogen (secondary N) is 3. The van der Waals surface area contributed by atoms with Gasteiger partial charge in [-0.25, -0.2) is 9.18 Å². The number of aromatic amines is 1. The molecule has 0 bridgehead atoms. The normalized spacial score (nSPS) is 12.6. The average molecular weight is 403 g/mol. The monoisotopic (exact) mass is 403 g/mol.